The minimum Gasteiger partial charge on any atom is -0.463 e. The van der Waals surface area contributed by atoms with Crippen LogP contribution in [-0.4, -0.2) is 9.38 Å². The predicted molar refractivity (Wildman–Crippen MR) is 94.9 cm³/mol. The molecule has 3 aromatic heterocycles. The topological polar surface area (TPSA) is 54.2 Å². The van der Waals surface area contributed by atoms with Gasteiger partial charge in [0.2, 0.25) is 0 Å². The van der Waals surface area contributed by atoms with E-state index >= 15 is 0 Å². The summed E-state index contributed by atoms with van der Waals surface area (Å²) in [5.41, 5.74) is 5.12. The van der Waals surface area contributed by atoms with Crippen LogP contribution in [0.2, 0.25) is 0 Å². The molecule has 0 radical (unpaired) electrons. The number of nitrogens with zero attached hydrogens (tertiary/aromatic N) is 3. The number of benzene rings is 1. The minimum absolute atomic E-state index is 0.286. The van der Waals surface area contributed by atoms with Crippen molar-refractivity contribution in [2.75, 3.05) is 0 Å². The van der Waals surface area contributed by atoms with Gasteiger partial charge in [-0.2, -0.15) is 5.26 Å². The number of hydrogen-bond donors (Lipinski definition) is 0. The Labute approximate surface area is 143 Å². The van der Waals surface area contributed by atoms with E-state index in [1.165, 1.54) is 5.56 Å². The van der Waals surface area contributed by atoms with Gasteiger partial charge in [-0.1, -0.05) is 31.2 Å². The number of fused-ring (bicyclic) bond motifs is 1. The lowest BCUT2D eigenvalue weighted by Crippen LogP contribution is -1.95. The zero-order valence-corrected chi connectivity index (χ0v) is 14.0. The highest BCUT2D eigenvalue weighted by molar-refractivity contribution is 7.15. The normalized spacial score (nSPS) is 11.0. The SMILES string of the molecule is CCc1ccc(-c2csc3nc(-c4ccco4)c(CC#N)n23)cc1. The quantitative estimate of drug-likeness (QED) is 0.531. The summed E-state index contributed by atoms with van der Waals surface area (Å²) in [5, 5.41) is 11.4. The Morgan fingerprint density at radius 2 is 2.08 bits per heavy atom. The summed E-state index contributed by atoms with van der Waals surface area (Å²) in [6, 6.07) is 14.5. The number of hydrogen-bond acceptors (Lipinski definition) is 4. The first-order chi connectivity index (χ1) is 11.8. The number of aromatic nitrogens is 2. The Morgan fingerprint density at radius 3 is 2.75 bits per heavy atom. The first kappa shape index (κ1) is 14.7. The van der Waals surface area contributed by atoms with Gasteiger partial charge in [0.25, 0.3) is 0 Å². The van der Waals surface area contributed by atoms with Crippen LogP contribution >= 0.6 is 11.3 Å². The summed E-state index contributed by atoms with van der Waals surface area (Å²) in [5.74, 6) is 0.698. The largest absolute Gasteiger partial charge is 0.463 e. The van der Waals surface area contributed by atoms with Crippen molar-refractivity contribution in [2.45, 2.75) is 19.8 Å². The summed E-state index contributed by atoms with van der Waals surface area (Å²) in [6.07, 6.45) is 2.93. The van der Waals surface area contributed by atoms with Crippen LogP contribution in [0.1, 0.15) is 18.2 Å². The smallest absolute Gasteiger partial charge is 0.195 e. The highest BCUT2D eigenvalue weighted by Crippen LogP contribution is 2.33. The fourth-order valence-electron chi connectivity index (χ4n) is 2.88. The summed E-state index contributed by atoms with van der Waals surface area (Å²) in [4.78, 5) is 5.57. The average molecular weight is 333 g/mol. The zero-order chi connectivity index (χ0) is 16.5. The van der Waals surface area contributed by atoms with Gasteiger partial charge in [0, 0.05) is 5.38 Å². The molecule has 0 spiro atoms. The molecule has 0 aliphatic heterocycles. The molecule has 5 heteroatoms. The maximum atomic E-state index is 9.27. The Hall–Kier alpha value is -2.84. The van der Waals surface area contributed by atoms with Gasteiger partial charge in [0.15, 0.2) is 10.7 Å². The third-order valence-electron chi connectivity index (χ3n) is 4.12. The van der Waals surface area contributed by atoms with E-state index < -0.39 is 0 Å². The van der Waals surface area contributed by atoms with Crippen LogP contribution in [0.25, 0.3) is 27.7 Å². The fraction of sp³-hybridized carbons (Fsp3) is 0.158. The lowest BCUT2D eigenvalue weighted by Gasteiger charge is -2.05. The van der Waals surface area contributed by atoms with Crippen LogP contribution in [0, 0.1) is 11.3 Å². The van der Waals surface area contributed by atoms with Gasteiger partial charge in [0.1, 0.15) is 5.69 Å². The van der Waals surface area contributed by atoms with E-state index in [1.54, 1.807) is 17.6 Å². The van der Waals surface area contributed by atoms with Crippen LogP contribution in [-0.2, 0) is 12.8 Å². The van der Waals surface area contributed by atoms with Crippen molar-refractivity contribution >= 4 is 16.3 Å². The number of rotatable bonds is 4. The van der Waals surface area contributed by atoms with E-state index in [2.05, 4.69) is 47.0 Å². The molecule has 0 aliphatic carbocycles. The van der Waals surface area contributed by atoms with Gasteiger partial charge in [-0.3, -0.25) is 4.40 Å². The second-order valence-electron chi connectivity index (χ2n) is 5.51. The van der Waals surface area contributed by atoms with Crippen molar-refractivity contribution in [3.63, 3.8) is 0 Å². The Kier molecular flexibility index (Phi) is 3.68. The Morgan fingerprint density at radius 1 is 1.25 bits per heavy atom. The molecule has 0 amide bonds. The van der Waals surface area contributed by atoms with Crippen LogP contribution in [0.3, 0.4) is 0 Å². The first-order valence-corrected chi connectivity index (χ1v) is 8.68. The fourth-order valence-corrected chi connectivity index (χ4v) is 3.79. The summed E-state index contributed by atoms with van der Waals surface area (Å²) < 4.78 is 7.58. The number of thiazole rings is 1. The van der Waals surface area contributed by atoms with Crippen molar-refractivity contribution in [3.8, 4) is 28.8 Å². The molecule has 3 heterocycles. The minimum atomic E-state index is 0.286. The molecule has 0 N–H and O–H groups in total. The molecular formula is C19H15N3OS. The number of furan rings is 1. The highest BCUT2D eigenvalue weighted by atomic mass is 32.1. The van der Waals surface area contributed by atoms with Crippen molar-refractivity contribution in [2.24, 2.45) is 0 Å². The molecule has 0 atom stereocenters. The molecule has 0 saturated heterocycles. The van der Waals surface area contributed by atoms with Crippen molar-refractivity contribution in [3.05, 3.63) is 59.3 Å². The third-order valence-corrected chi connectivity index (χ3v) is 4.94. The number of nitriles is 1. The highest BCUT2D eigenvalue weighted by Gasteiger charge is 2.20. The van der Waals surface area contributed by atoms with E-state index in [-0.39, 0.29) is 6.42 Å². The molecule has 0 fully saturated rings. The average Bonchev–Trinajstić information content (AvgIpc) is 3.32. The molecular weight excluding hydrogens is 318 g/mol. The van der Waals surface area contributed by atoms with Crippen molar-refractivity contribution in [1.29, 1.82) is 5.26 Å². The third kappa shape index (κ3) is 2.32. The second kappa shape index (κ2) is 5.99. The predicted octanol–water partition coefficient (Wildman–Crippen LogP) is 4.95. The molecule has 0 aliphatic rings. The lowest BCUT2D eigenvalue weighted by atomic mass is 10.1. The van der Waals surface area contributed by atoms with Crippen LogP contribution < -0.4 is 0 Å². The van der Waals surface area contributed by atoms with Gasteiger partial charge in [-0.05, 0) is 29.7 Å². The molecule has 118 valence electrons. The lowest BCUT2D eigenvalue weighted by molar-refractivity contribution is 0.580. The first-order valence-electron chi connectivity index (χ1n) is 7.80. The van der Waals surface area contributed by atoms with E-state index in [4.69, 9.17) is 9.40 Å². The monoisotopic (exact) mass is 333 g/mol. The second-order valence-corrected chi connectivity index (χ2v) is 6.35. The molecule has 4 nitrogen and oxygen atoms in total. The maximum Gasteiger partial charge on any atom is 0.195 e. The zero-order valence-electron chi connectivity index (χ0n) is 13.2. The van der Waals surface area contributed by atoms with Crippen molar-refractivity contribution in [1.82, 2.24) is 9.38 Å². The van der Waals surface area contributed by atoms with E-state index in [1.807, 2.05) is 12.1 Å². The van der Waals surface area contributed by atoms with Crippen LogP contribution in [0.15, 0.2) is 52.5 Å². The van der Waals surface area contributed by atoms with E-state index in [9.17, 15) is 5.26 Å². The molecule has 4 rings (SSSR count). The summed E-state index contributed by atoms with van der Waals surface area (Å²) in [6.45, 7) is 2.15. The van der Waals surface area contributed by atoms with Gasteiger partial charge in [-0.15, -0.1) is 11.3 Å². The van der Waals surface area contributed by atoms with Gasteiger partial charge < -0.3 is 4.42 Å². The van der Waals surface area contributed by atoms with Crippen LogP contribution in [0.4, 0.5) is 0 Å². The molecule has 24 heavy (non-hydrogen) atoms. The molecule has 0 saturated carbocycles. The number of imidazole rings is 1. The Bertz CT molecular complexity index is 1020. The molecule has 1 aromatic carbocycles. The Balaban J connectivity index is 1.92. The number of aryl methyl sites for hydroxylation is 1. The molecule has 0 bridgehead atoms. The maximum absolute atomic E-state index is 9.27. The van der Waals surface area contributed by atoms with E-state index in [0.717, 1.165) is 34.0 Å². The van der Waals surface area contributed by atoms with Crippen molar-refractivity contribution < 1.29 is 4.42 Å². The van der Waals surface area contributed by atoms with Gasteiger partial charge in [0.05, 0.1) is 30.1 Å². The standard InChI is InChI=1S/C19H15N3OS/c1-2-13-5-7-14(8-6-13)16-12-24-19-21-18(17-4-3-11-23-17)15(9-10-20)22(16)19/h3-8,11-12H,2,9H2,1H3. The van der Waals surface area contributed by atoms with E-state index in [0.29, 0.717) is 5.76 Å². The summed E-state index contributed by atoms with van der Waals surface area (Å²) in [7, 11) is 0. The summed E-state index contributed by atoms with van der Waals surface area (Å²) >= 11 is 1.58. The molecule has 0 unspecified atom stereocenters. The van der Waals surface area contributed by atoms with Gasteiger partial charge >= 0.3 is 0 Å². The molecule has 4 aromatic rings. The van der Waals surface area contributed by atoms with Crippen LogP contribution in [0.5, 0.6) is 0 Å². The van der Waals surface area contributed by atoms with Gasteiger partial charge in [-0.25, -0.2) is 4.98 Å².